The van der Waals surface area contributed by atoms with Gasteiger partial charge in [-0.25, -0.2) is 0 Å². The van der Waals surface area contributed by atoms with Crippen molar-refractivity contribution in [3.63, 3.8) is 0 Å². The normalized spacial score (nSPS) is 31.0. The molecule has 47 heavy (non-hydrogen) atoms. The third kappa shape index (κ3) is 12.8. The van der Waals surface area contributed by atoms with E-state index in [-0.39, 0.29) is 32.9 Å². The van der Waals surface area contributed by atoms with E-state index in [1.807, 2.05) is 0 Å². The van der Waals surface area contributed by atoms with Crippen LogP contribution in [0.2, 0.25) is 0 Å². The van der Waals surface area contributed by atoms with Gasteiger partial charge in [-0.2, -0.15) is 0 Å². The average molecular weight is 681 g/mol. The number of hydrogen-bond donors (Lipinski definition) is 8. The van der Waals surface area contributed by atoms with Crippen LogP contribution in [0.3, 0.4) is 0 Å². The number of carboxylic acid groups (broad SMARTS) is 3. The molecule has 0 bridgehead atoms. The smallest absolute Gasteiger partial charge is 0.317 e. The van der Waals surface area contributed by atoms with Crippen molar-refractivity contribution in [2.24, 2.45) is 5.92 Å². The lowest BCUT2D eigenvalue weighted by molar-refractivity contribution is -0.303. The fourth-order valence-electron chi connectivity index (χ4n) is 5.58. The van der Waals surface area contributed by atoms with Crippen molar-refractivity contribution in [3.8, 4) is 0 Å². The number of ether oxygens (including phenoxy) is 4. The molecule has 10 atom stereocenters. The summed E-state index contributed by atoms with van der Waals surface area (Å²) >= 11 is 0. The van der Waals surface area contributed by atoms with Gasteiger partial charge < -0.3 is 60.2 Å². The zero-order valence-electron chi connectivity index (χ0n) is 26.9. The second-order valence-electron chi connectivity index (χ2n) is 11.8. The SMILES string of the molecule is CC(=O)NC1C(O)[C@H](O[C@@H]2OC(COCCO)[C@H](C)[C@@H](O)C2NC(=O)CN(CCN(CC(=O)O)CC(=O)O)CC(=O)O)[C@H](C)O[C@@H]1C. The van der Waals surface area contributed by atoms with Crippen LogP contribution < -0.4 is 10.6 Å². The molecule has 4 unspecified atom stereocenters. The van der Waals surface area contributed by atoms with E-state index in [1.165, 1.54) is 6.92 Å². The molecule has 2 rings (SSSR count). The van der Waals surface area contributed by atoms with E-state index in [9.17, 15) is 39.3 Å². The Morgan fingerprint density at radius 1 is 0.766 bits per heavy atom. The number of hydrogen-bond acceptors (Lipinski definition) is 14. The van der Waals surface area contributed by atoms with Gasteiger partial charge in [-0.3, -0.25) is 33.8 Å². The first-order valence-corrected chi connectivity index (χ1v) is 15.2. The van der Waals surface area contributed by atoms with E-state index in [0.717, 1.165) is 9.80 Å². The Bertz CT molecular complexity index is 1050. The lowest BCUT2D eigenvalue weighted by Crippen LogP contribution is -2.67. The molecule has 2 saturated heterocycles. The average Bonchev–Trinajstić information content (AvgIpc) is 2.95. The molecule has 0 aromatic rings. The van der Waals surface area contributed by atoms with E-state index in [1.54, 1.807) is 20.8 Å². The van der Waals surface area contributed by atoms with Crippen LogP contribution in [0, 0.1) is 5.92 Å². The number of carbonyl (C=O) groups excluding carboxylic acids is 2. The van der Waals surface area contributed by atoms with Crippen LogP contribution >= 0.6 is 0 Å². The zero-order valence-corrected chi connectivity index (χ0v) is 26.9. The molecule has 19 heteroatoms. The minimum atomic E-state index is -1.40. The summed E-state index contributed by atoms with van der Waals surface area (Å²) < 4.78 is 23.6. The van der Waals surface area contributed by atoms with E-state index < -0.39 is 117 Å². The summed E-state index contributed by atoms with van der Waals surface area (Å²) in [5.41, 5.74) is 0. The highest BCUT2D eigenvalue weighted by atomic mass is 16.7. The lowest BCUT2D eigenvalue weighted by Gasteiger charge is -2.48. The zero-order chi connectivity index (χ0) is 35.4. The molecule has 0 aromatic carbocycles. The molecule has 2 aliphatic rings. The molecule has 270 valence electrons. The standard InChI is InChI=1S/C28H48N4O15/c1-14-18(13-44-8-7-33)46-28(47-27-16(3)45-15(2)23(26(27)43)29-17(4)34)24(25(14)42)30-19(35)9-31(10-20(36)37)5-6-32(11-21(38)39)12-22(40)41/h14-16,18,23-28,33,42-43H,5-13H2,1-4H3,(H,29,34)(H,30,35)(H,36,37)(H,38,39)(H,40,41)/t14-,15+,16-,18?,23?,24?,25+,26?,27+,28-/m0/s1. The first-order valence-electron chi connectivity index (χ1n) is 15.2. The summed E-state index contributed by atoms with van der Waals surface area (Å²) in [4.78, 5) is 61.1. The molecule has 2 fully saturated rings. The van der Waals surface area contributed by atoms with Crippen LogP contribution in [0.5, 0.6) is 0 Å². The molecule has 0 radical (unpaired) electrons. The number of nitrogens with zero attached hydrogens (tertiary/aromatic N) is 2. The maximum atomic E-state index is 13.3. The van der Waals surface area contributed by atoms with Crippen LogP contribution in [-0.2, 0) is 42.9 Å². The van der Waals surface area contributed by atoms with Crippen molar-refractivity contribution >= 4 is 29.7 Å². The maximum absolute atomic E-state index is 13.3. The van der Waals surface area contributed by atoms with Crippen LogP contribution in [0.15, 0.2) is 0 Å². The fourth-order valence-corrected chi connectivity index (χ4v) is 5.58. The number of nitrogens with one attached hydrogen (secondary N) is 2. The summed E-state index contributed by atoms with van der Waals surface area (Å²) in [6.07, 6.45) is -7.20. The predicted molar refractivity (Wildman–Crippen MR) is 158 cm³/mol. The molecule has 8 N–H and O–H groups in total. The molecular formula is C28H48N4O15. The highest BCUT2D eigenvalue weighted by Crippen LogP contribution is 2.31. The minimum Gasteiger partial charge on any atom is -0.480 e. The Morgan fingerprint density at radius 3 is 1.83 bits per heavy atom. The van der Waals surface area contributed by atoms with Gasteiger partial charge in [-0.15, -0.1) is 0 Å². The second kappa shape index (κ2) is 19.1. The van der Waals surface area contributed by atoms with Crippen molar-refractivity contribution in [3.05, 3.63) is 0 Å². The van der Waals surface area contributed by atoms with Gasteiger partial charge in [0.1, 0.15) is 18.2 Å². The summed E-state index contributed by atoms with van der Waals surface area (Å²) in [7, 11) is 0. The van der Waals surface area contributed by atoms with Gasteiger partial charge in [-0.05, 0) is 13.8 Å². The Balaban J connectivity index is 2.27. The van der Waals surface area contributed by atoms with Crippen molar-refractivity contribution in [2.75, 3.05) is 59.1 Å². The number of amides is 2. The molecule has 0 saturated carbocycles. The third-order valence-corrected chi connectivity index (χ3v) is 7.88. The van der Waals surface area contributed by atoms with Gasteiger partial charge in [0, 0.05) is 25.9 Å². The van der Waals surface area contributed by atoms with E-state index in [4.69, 9.17) is 34.3 Å². The van der Waals surface area contributed by atoms with Crippen molar-refractivity contribution < 1.29 is 73.6 Å². The lowest BCUT2D eigenvalue weighted by atomic mass is 9.88. The van der Waals surface area contributed by atoms with Crippen LogP contribution in [0.1, 0.15) is 27.7 Å². The topological polar surface area (TPSA) is 274 Å². The predicted octanol–water partition coefficient (Wildman–Crippen LogP) is -3.88. The quantitative estimate of drug-likeness (QED) is 0.0606. The van der Waals surface area contributed by atoms with Crippen molar-refractivity contribution in [1.29, 1.82) is 0 Å². The van der Waals surface area contributed by atoms with Gasteiger partial charge in [-0.1, -0.05) is 6.92 Å². The first-order chi connectivity index (χ1) is 22.0. The highest BCUT2D eigenvalue weighted by molar-refractivity contribution is 5.79. The molecule has 0 aromatic heterocycles. The molecule has 0 spiro atoms. The number of carboxylic acids is 3. The molecule has 0 aliphatic carbocycles. The Labute approximate surface area is 271 Å². The molecular weight excluding hydrogens is 632 g/mol. The maximum Gasteiger partial charge on any atom is 0.317 e. The molecule has 2 amide bonds. The number of aliphatic hydroxyl groups excluding tert-OH is 3. The molecule has 2 heterocycles. The Hall–Kier alpha value is -3.01. The molecule has 2 aliphatic heterocycles. The van der Waals surface area contributed by atoms with Gasteiger partial charge in [0.25, 0.3) is 0 Å². The van der Waals surface area contributed by atoms with Crippen molar-refractivity contribution in [1.82, 2.24) is 20.4 Å². The minimum absolute atomic E-state index is 0.00731. The van der Waals surface area contributed by atoms with Gasteiger partial charge >= 0.3 is 17.9 Å². The van der Waals surface area contributed by atoms with Crippen LogP contribution in [0.4, 0.5) is 0 Å². The number of aliphatic carboxylic acids is 3. The van der Waals surface area contributed by atoms with Gasteiger partial charge in [0.15, 0.2) is 6.29 Å². The number of carbonyl (C=O) groups is 5. The summed E-state index contributed by atoms with van der Waals surface area (Å²) in [6.45, 7) is 3.10. The summed E-state index contributed by atoms with van der Waals surface area (Å²) in [6, 6.07) is -2.11. The Morgan fingerprint density at radius 2 is 1.32 bits per heavy atom. The van der Waals surface area contributed by atoms with E-state index in [2.05, 4.69) is 10.6 Å². The summed E-state index contributed by atoms with van der Waals surface area (Å²) in [5.74, 6) is -5.71. The van der Waals surface area contributed by atoms with E-state index in [0.29, 0.717) is 0 Å². The second-order valence-corrected chi connectivity index (χ2v) is 11.8. The van der Waals surface area contributed by atoms with Gasteiger partial charge in [0.2, 0.25) is 11.8 Å². The van der Waals surface area contributed by atoms with Crippen molar-refractivity contribution in [2.45, 2.75) is 82.7 Å². The fraction of sp³-hybridized carbons (Fsp3) is 0.821. The first kappa shape index (κ1) is 40.2. The van der Waals surface area contributed by atoms with Crippen LogP contribution in [0.25, 0.3) is 0 Å². The Kier molecular flexibility index (Phi) is 16.3. The highest BCUT2D eigenvalue weighted by Gasteiger charge is 2.49. The number of rotatable bonds is 19. The molecule has 19 nitrogen and oxygen atoms in total. The largest absolute Gasteiger partial charge is 0.480 e. The monoisotopic (exact) mass is 680 g/mol. The van der Waals surface area contributed by atoms with Crippen LogP contribution in [-0.4, -0.2) is 184 Å². The number of aliphatic hydroxyl groups is 3. The third-order valence-electron chi connectivity index (χ3n) is 7.88. The van der Waals surface area contributed by atoms with Gasteiger partial charge in [0.05, 0.1) is 76.5 Å². The van der Waals surface area contributed by atoms with E-state index >= 15 is 0 Å². The summed E-state index contributed by atoms with van der Waals surface area (Å²) in [5, 5.41) is 64.4.